The van der Waals surface area contributed by atoms with Crippen molar-refractivity contribution < 1.29 is 9.53 Å². The molecule has 1 N–H and O–H groups in total. The molecule has 3 heterocycles. The van der Waals surface area contributed by atoms with E-state index < -0.39 is 0 Å². The Morgan fingerprint density at radius 2 is 2.00 bits per heavy atom. The fraction of sp³-hybridized carbons (Fsp3) is 0.474. The number of hydrogen-bond donors (Lipinski definition) is 1. The Morgan fingerprint density at radius 1 is 1.20 bits per heavy atom. The van der Waals surface area contributed by atoms with Crippen LogP contribution in [0.3, 0.4) is 0 Å². The summed E-state index contributed by atoms with van der Waals surface area (Å²) in [4.78, 5) is 17.1. The Bertz CT molecular complexity index is 791. The van der Waals surface area contributed by atoms with Crippen molar-refractivity contribution in [2.24, 2.45) is 0 Å². The number of aromatic amines is 1. The summed E-state index contributed by atoms with van der Waals surface area (Å²) in [7, 11) is 0. The summed E-state index contributed by atoms with van der Waals surface area (Å²) in [5.74, 6) is 0.0172. The number of nitrogens with zero attached hydrogens (tertiary/aromatic N) is 3. The molecule has 0 atom stereocenters. The molecule has 0 unspecified atom stereocenters. The molecule has 2 aliphatic heterocycles. The monoisotopic (exact) mass is 340 g/mol. The average molecular weight is 340 g/mol. The van der Waals surface area contributed by atoms with Crippen molar-refractivity contribution in [3.05, 3.63) is 46.3 Å². The molecule has 1 aromatic carbocycles. The van der Waals surface area contributed by atoms with Gasteiger partial charge in [-0.15, -0.1) is 0 Å². The fourth-order valence-electron chi connectivity index (χ4n) is 3.67. The number of benzene rings is 1. The smallest absolute Gasteiger partial charge is 0.274 e. The Morgan fingerprint density at radius 3 is 2.80 bits per heavy atom. The number of ether oxygens (including phenoxy) is 1. The van der Waals surface area contributed by atoms with Gasteiger partial charge in [0.25, 0.3) is 5.91 Å². The lowest BCUT2D eigenvalue weighted by Crippen LogP contribution is -2.49. The number of carbonyl (C=O) groups is 1. The first-order chi connectivity index (χ1) is 12.1. The molecule has 0 aliphatic carbocycles. The van der Waals surface area contributed by atoms with Crippen molar-refractivity contribution in [1.82, 2.24) is 15.1 Å². The van der Waals surface area contributed by atoms with Crippen LogP contribution in [0.5, 0.6) is 0 Å². The Balaban J connectivity index is 1.46. The number of carbonyl (C=O) groups excluding carboxylic acids is 1. The predicted octanol–water partition coefficient (Wildman–Crippen LogP) is 2.06. The number of fused-ring (bicyclic) bond motifs is 1. The van der Waals surface area contributed by atoms with E-state index in [-0.39, 0.29) is 5.91 Å². The molecule has 2 aromatic rings. The summed E-state index contributed by atoms with van der Waals surface area (Å²) in [6, 6.07) is 6.41. The number of rotatable bonds is 2. The van der Waals surface area contributed by atoms with Gasteiger partial charge in [-0.25, -0.2) is 0 Å². The number of H-pyrrole nitrogens is 1. The van der Waals surface area contributed by atoms with E-state index in [2.05, 4.69) is 47.1 Å². The largest absolute Gasteiger partial charge is 0.376 e. The van der Waals surface area contributed by atoms with E-state index in [1.807, 2.05) is 4.90 Å². The van der Waals surface area contributed by atoms with Crippen molar-refractivity contribution >= 4 is 11.6 Å². The van der Waals surface area contributed by atoms with Gasteiger partial charge in [0.05, 0.1) is 13.2 Å². The van der Waals surface area contributed by atoms with Crippen LogP contribution in [-0.4, -0.2) is 53.8 Å². The van der Waals surface area contributed by atoms with E-state index >= 15 is 0 Å². The SMILES string of the molecule is Cc1cccc(N2CCN(C(=O)c3n[nH]c4c3COCC4)CC2)c1C. The Labute approximate surface area is 147 Å². The third kappa shape index (κ3) is 2.91. The zero-order valence-electron chi connectivity index (χ0n) is 14.8. The van der Waals surface area contributed by atoms with E-state index in [1.54, 1.807) is 0 Å². The lowest BCUT2D eigenvalue weighted by Gasteiger charge is -2.37. The highest BCUT2D eigenvalue weighted by Crippen LogP contribution is 2.25. The van der Waals surface area contributed by atoms with Crippen LogP contribution >= 0.6 is 0 Å². The Hall–Kier alpha value is -2.34. The van der Waals surface area contributed by atoms with Crippen LogP contribution in [0.1, 0.15) is 32.9 Å². The van der Waals surface area contributed by atoms with E-state index in [1.165, 1.54) is 16.8 Å². The van der Waals surface area contributed by atoms with Crippen molar-refractivity contribution in [3.8, 4) is 0 Å². The molecule has 25 heavy (non-hydrogen) atoms. The molecule has 1 fully saturated rings. The molecule has 1 amide bonds. The maximum absolute atomic E-state index is 12.9. The summed E-state index contributed by atoms with van der Waals surface area (Å²) >= 11 is 0. The number of amides is 1. The van der Waals surface area contributed by atoms with Gasteiger partial charge < -0.3 is 14.5 Å². The van der Waals surface area contributed by atoms with Gasteiger partial charge in [0.15, 0.2) is 5.69 Å². The molecule has 0 bridgehead atoms. The standard InChI is InChI=1S/C19H24N4O2/c1-13-4-3-5-17(14(13)2)22-7-9-23(10-8-22)19(24)18-15-12-25-11-6-16(15)20-21-18/h3-5H,6-12H2,1-2H3,(H,20,21). The molecule has 0 radical (unpaired) electrons. The van der Waals surface area contributed by atoms with Crippen molar-refractivity contribution in [2.75, 3.05) is 37.7 Å². The topological polar surface area (TPSA) is 61.5 Å². The highest BCUT2D eigenvalue weighted by Gasteiger charge is 2.28. The van der Waals surface area contributed by atoms with Gasteiger partial charge in [-0.3, -0.25) is 9.89 Å². The van der Waals surface area contributed by atoms with Gasteiger partial charge in [0.2, 0.25) is 0 Å². The zero-order chi connectivity index (χ0) is 17.4. The number of aryl methyl sites for hydroxylation is 1. The molecule has 4 rings (SSSR count). The van der Waals surface area contributed by atoms with E-state index in [4.69, 9.17) is 4.74 Å². The lowest BCUT2D eigenvalue weighted by molar-refractivity contribution is 0.0727. The quantitative estimate of drug-likeness (QED) is 0.909. The third-order valence-corrected chi connectivity index (χ3v) is 5.38. The highest BCUT2D eigenvalue weighted by atomic mass is 16.5. The molecule has 1 aromatic heterocycles. The number of hydrogen-bond acceptors (Lipinski definition) is 4. The van der Waals surface area contributed by atoms with Gasteiger partial charge in [-0.1, -0.05) is 12.1 Å². The van der Waals surface area contributed by atoms with Crippen LogP contribution in [0.15, 0.2) is 18.2 Å². The zero-order valence-corrected chi connectivity index (χ0v) is 14.8. The molecule has 6 heteroatoms. The maximum Gasteiger partial charge on any atom is 0.274 e. The lowest BCUT2D eigenvalue weighted by atomic mass is 10.1. The molecule has 0 saturated carbocycles. The summed E-state index contributed by atoms with van der Waals surface area (Å²) < 4.78 is 5.49. The second-order valence-corrected chi connectivity index (χ2v) is 6.83. The van der Waals surface area contributed by atoms with Gasteiger partial charge in [0.1, 0.15) is 0 Å². The van der Waals surface area contributed by atoms with Crippen LogP contribution in [0.4, 0.5) is 5.69 Å². The molecule has 132 valence electrons. The predicted molar refractivity (Wildman–Crippen MR) is 96.0 cm³/mol. The van der Waals surface area contributed by atoms with Gasteiger partial charge in [0, 0.05) is 49.5 Å². The van der Waals surface area contributed by atoms with E-state index in [9.17, 15) is 4.79 Å². The Kier molecular flexibility index (Phi) is 4.21. The molecule has 1 saturated heterocycles. The summed E-state index contributed by atoms with van der Waals surface area (Å²) in [6.07, 6.45) is 0.802. The molecule has 2 aliphatic rings. The first-order valence-electron chi connectivity index (χ1n) is 8.89. The summed E-state index contributed by atoms with van der Waals surface area (Å²) in [5, 5.41) is 7.27. The van der Waals surface area contributed by atoms with Crippen LogP contribution in [0.25, 0.3) is 0 Å². The number of piperazine rings is 1. The van der Waals surface area contributed by atoms with Gasteiger partial charge in [-0.05, 0) is 31.0 Å². The fourth-order valence-corrected chi connectivity index (χ4v) is 3.67. The number of nitrogens with one attached hydrogen (secondary N) is 1. The van der Waals surface area contributed by atoms with Crippen molar-refractivity contribution in [3.63, 3.8) is 0 Å². The van der Waals surface area contributed by atoms with E-state index in [0.717, 1.165) is 30.8 Å². The number of aromatic nitrogens is 2. The van der Waals surface area contributed by atoms with Gasteiger partial charge in [-0.2, -0.15) is 5.10 Å². The van der Waals surface area contributed by atoms with Crippen molar-refractivity contribution in [1.29, 1.82) is 0 Å². The third-order valence-electron chi connectivity index (χ3n) is 5.38. The van der Waals surface area contributed by atoms with Crippen LogP contribution in [-0.2, 0) is 17.8 Å². The number of anilines is 1. The average Bonchev–Trinajstić information content (AvgIpc) is 3.08. The highest BCUT2D eigenvalue weighted by molar-refractivity contribution is 5.94. The first-order valence-corrected chi connectivity index (χ1v) is 8.89. The minimum absolute atomic E-state index is 0.0172. The van der Waals surface area contributed by atoms with Crippen molar-refractivity contribution in [2.45, 2.75) is 26.9 Å². The molecular weight excluding hydrogens is 316 g/mol. The second-order valence-electron chi connectivity index (χ2n) is 6.83. The second kappa shape index (κ2) is 6.52. The van der Waals surface area contributed by atoms with Gasteiger partial charge >= 0.3 is 0 Å². The minimum atomic E-state index is 0.0172. The maximum atomic E-state index is 12.9. The normalized spacial score (nSPS) is 17.5. The van der Waals surface area contributed by atoms with Crippen LogP contribution in [0, 0.1) is 13.8 Å². The summed E-state index contributed by atoms with van der Waals surface area (Å²) in [5.41, 5.74) is 6.42. The van der Waals surface area contributed by atoms with Crippen LogP contribution in [0.2, 0.25) is 0 Å². The molecule has 6 nitrogen and oxygen atoms in total. The first kappa shape index (κ1) is 16.1. The minimum Gasteiger partial charge on any atom is -0.376 e. The van der Waals surface area contributed by atoms with E-state index in [0.29, 0.717) is 32.0 Å². The molecular formula is C19H24N4O2. The summed E-state index contributed by atoms with van der Waals surface area (Å²) in [6.45, 7) is 8.61. The molecule has 0 spiro atoms. The van der Waals surface area contributed by atoms with Crippen LogP contribution < -0.4 is 4.90 Å².